The van der Waals surface area contributed by atoms with Gasteiger partial charge in [-0.05, 0) is 18.6 Å². The Labute approximate surface area is 120 Å². The van der Waals surface area contributed by atoms with Crippen LogP contribution in [0.4, 0.5) is 5.69 Å². The van der Waals surface area contributed by atoms with Gasteiger partial charge in [-0.3, -0.25) is 9.59 Å². The highest BCUT2D eigenvalue weighted by Crippen LogP contribution is 2.26. The Morgan fingerprint density at radius 2 is 2.15 bits per heavy atom. The number of likely N-dealkylation sites (tertiary alicyclic amines) is 1. The molecule has 1 aliphatic rings. The number of amides is 2. The number of carbonyl (C=O) groups excluding carboxylic acids is 2. The van der Waals surface area contributed by atoms with Gasteiger partial charge in [0, 0.05) is 13.0 Å². The van der Waals surface area contributed by atoms with E-state index < -0.39 is 11.9 Å². The third kappa shape index (κ3) is 3.08. The molecule has 106 valence electrons. The summed E-state index contributed by atoms with van der Waals surface area (Å²) in [7, 11) is 0. The number of aromatic carboxylic acids is 1. The number of benzene rings is 1. The van der Waals surface area contributed by atoms with Crippen molar-refractivity contribution in [3.05, 3.63) is 28.8 Å². The molecule has 1 aliphatic heterocycles. The van der Waals surface area contributed by atoms with Gasteiger partial charge in [-0.2, -0.15) is 0 Å². The Morgan fingerprint density at radius 1 is 1.40 bits per heavy atom. The minimum atomic E-state index is -1.18. The van der Waals surface area contributed by atoms with Gasteiger partial charge < -0.3 is 15.3 Å². The van der Waals surface area contributed by atoms with Crippen LogP contribution in [0.1, 0.15) is 23.2 Å². The summed E-state index contributed by atoms with van der Waals surface area (Å²) in [6.07, 6.45) is 1.18. The van der Waals surface area contributed by atoms with Crippen LogP contribution in [-0.2, 0) is 9.59 Å². The molecule has 0 saturated carbocycles. The van der Waals surface area contributed by atoms with Crippen molar-refractivity contribution in [2.45, 2.75) is 12.8 Å². The van der Waals surface area contributed by atoms with E-state index in [0.29, 0.717) is 13.0 Å². The van der Waals surface area contributed by atoms with Crippen molar-refractivity contribution in [3.8, 4) is 0 Å². The Morgan fingerprint density at radius 3 is 2.75 bits per heavy atom. The molecule has 0 aliphatic carbocycles. The topological polar surface area (TPSA) is 86.7 Å². The van der Waals surface area contributed by atoms with Crippen LogP contribution in [0.5, 0.6) is 0 Å². The molecule has 20 heavy (non-hydrogen) atoms. The second-order valence-corrected chi connectivity index (χ2v) is 4.84. The fraction of sp³-hybridized carbons (Fsp3) is 0.308. The number of hydrogen-bond acceptors (Lipinski definition) is 3. The maximum absolute atomic E-state index is 11.9. The molecule has 0 aromatic heterocycles. The molecule has 0 bridgehead atoms. The van der Waals surface area contributed by atoms with E-state index in [2.05, 4.69) is 5.32 Å². The largest absolute Gasteiger partial charge is 0.478 e. The minimum absolute atomic E-state index is 0.0540. The van der Waals surface area contributed by atoms with Crippen molar-refractivity contribution in [1.82, 2.24) is 4.90 Å². The summed E-state index contributed by atoms with van der Waals surface area (Å²) in [4.78, 5) is 35.8. The molecule has 0 radical (unpaired) electrons. The Balaban J connectivity index is 2.11. The number of carbonyl (C=O) groups is 3. The lowest BCUT2D eigenvalue weighted by atomic mass is 10.2. The van der Waals surface area contributed by atoms with Crippen LogP contribution in [0.2, 0.25) is 5.02 Å². The lowest BCUT2D eigenvalue weighted by Gasteiger charge is -2.16. The van der Waals surface area contributed by atoms with Crippen LogP contribution in [0, 0.1) is 0 Å². The van der Waals surface area contributed by atoms with E-state index >= 15 is 0 Å². The molecule has 0 spiro atoms. The van der Waals surface area contributed by atoms with Crippen molar-refractivity contribution in [2.75, 3.05) is 18.4 Å². The number of anilines is 1. The van der Waals surface area contributed by atoms with Crippen LogP contribution in [0.3, 0.4) is 0 Å². The molecule has 1 aromatic rings. The number of para-hydroxylation sites is 1. The summed E-state index contributed by atoms with van der Waals surface area (Å²) >= 11 is 5.90. The molecule has 2 rings (SSSR count). The van der Waals surface area contributed by atoms with Gasteiger partial charge in [0.2, 0.25) is 11.8 Å². The summed E-state index contributed by atoms with van der Waals surface area (Å²) < 4.78 is 0. The zero-order valence-corrected chi connectivity index (χ0v) is 11.3. The SMILES string of the molecule is O=C(CN1CCCC1=O)Nc1c(Cl)cccc1C(=O)O. The van der Waals surface area contributed by atoms with Crippen molar-refractivity contribution < 1.29 is 19.5 Å². The van der Waals surface area contributed by atoms with E-state index in [1.54, 1.807) is 0 Å². The molecular weight excluding hydrogens is 284 g/mol. The van der Waals surface area contributed by atoms with Crippen molar-refractivity contribution in [2.24, 2.45) is 0 Å². The van der Waals surface area contributed by atoms with Crippen molar-refractivity contribution in [3.63, 3.8) is 0 Å². The fourth-order valence-electron chi connectivity index (χ4n) is 2.05. The highest BCUT2D eigenvalue weighted by Gasteiger charge is 2.23. The highest BCUT2D eigenvalue weighted by atomic mass is 35.5. The molecule has 1 heterocycles. The van der Waals surface area contributed by atoms with E-state index in [0.717, 1.165) is 6.42 Å². The molecule has 2 amide bonds. The van der Waals surface area contributed by atoms with Crippen LogP contribution >= 0.6 is 11.6 Å². The van der Waals surface area contributed by atoms with E-state index in [1.165, 1.54) is 23.1 Å². The Bertz CT molecular complexity index is 573. The zero-order chi connectivity index (χ0) is 14.7. The fourth-order valence-corrected chi connectivity index (χ4v) is 2.27. The van der Waals surface area contributed by atoms with Gasteiger partial charge in [-0.15, -0.1) is 0 Å². The molecule has 6 nitrogen and oxygen atoms in total. The monoisotopic (exact) mass is 296 g/mol. The van der Waals surface area contributed by atoms with Crippen LogP contribution in [0.15, 0.2) is 18.2 Å². The molecule has 1 fully saturated rings. The number of carboxylic acid groups (broad SMARTS) is 1. The van der Waals surface area contributed by atoms with Crippen molar-refractivity contribution in [1.29, 1.82) is 0 Å². The summed E-state index contributed by atoms with van der Waals surface area (Å²) in [6.45, 7) is 0.448. The molecule has 1 aromatic carbocycles. The number of hydrogen-bond donors (Lipinski definition) is 2. The smallest absolute Gasteiger partial charge is 0.337 e. The second kappa shape index (κ2) is 5.92. The van der Waals surface area contributed by atoms with Gasteiger partial charge in [0.25, 0.3) is 0 Å². The van der Waals surface area contributed by atoms with Crippen molar-refractivity contribution >= 4 is 35.1 Å². The van der Waals surface area contributed by atoms with Gasteiger partial charge in [0.05, 0.1) is 22.8 Å². The summed E-state index contributed by atoms with van der Waals surface area (Å²) in [5.41, 5.74) is -0.0306. The minimum Gasteiger partial charge on any atom is -0.478 e. The predicted molar refractivity (Wildman–Crippen MR) is 72.9 cm³/mol. The lowest BCUT2D eigenvalue weighted by molar-refractivity contribution is -0.131. The van der Waals surface area contributed by atoms with E-state index in [9.17, 15) is 14.4 Å². The summed E-state index contributed by atoms with van der Waals surface area (Å²) in [6, 6.07) is 4.33. The molecule has 0 unspecified atom stereocenters. The first kappa shape index (κ1) is 14.3. The van der Waals surface area contributed by atoms with E-state index in [1.807, 2.05) is 0 Å². The van der Waals surface area contributed by atoms with E-state index in [-0.39, 0.29) is 28.7 Å². The van der Waals surface area contributed by atoms with Crippen LogP contribution in [0.25, 0.3) is 0 Å². The number of nitrogens with one attached hydrogen (secondary N) is 1. The first-order chi connectivity index (χ1) is 9.49. The lowest BCUT2D eigenvalue weighted by Crippen LogP contribution is -2.34. The summed E-state index contributed by atoms with van der Waals surface area (Å²) in [5.74, 6) is -1.71. The number of nitrogens with zero attached hydrogens (tertiary/aromatic N) is 1. The number of rotatable bonds is 4. The molecule has 7 heteroatoms. The maximum Gasteiger partial charge on any atom is 0.337 e. The average molecular weight is 297 g/mol. The standard InChI is InChI=1S/C13H13ClN2O4/c14-9-4-1-3-8(13(19)20)12(9)15-10(17)7-16-6-2-5-11(16)18/h1,3-4H,2,5-7H2,(H,15,17)(H,19,20). The van der Waals surface area contributed by atoms with Gasteiger partial charge in [0.1, 0.15) is 0 Å². The summed E-state index contributed by atoms with van der Waals surface area (Å²) in [5, 5.41) is 11.7. The van der Waals surface area contributed by atoms with Crippen LogP contribution < -0.4 is 5.32 Å². The Kier molecular flexibility index (Phi) is 4.24. The van der Waals surface area contributed by atoms with Gasteiger partial charge in [0.15, 0.2) is 0 Å². The Hall–Kier alpha value is -2.08. The molecular formula is C13H13ClN2O4. The maximum atomic E-state index is 11.9. The van der Waals surface area contributed by atoms with Gasteiger partial charge in [-0.25, -0.2) is 4.79 Å². The first-order valence-electron chi connectivity index (χ1n) is 6.08. The predicted octanol–water partition coefficient (Wildman–Crippen LogP) is 1.60. The van der Waals surface area contributed by atoms with Gasteiger partial charge in [-0.1, -0.05) is 17.7 Å². The molecule has 1 saturated heterocycles. The number of carboxylic acids is 1. The first-order valence-corrected chi connectivity index (χ1v) is 6.46. The number of halogens is 1. The highest BCUT2D eigenvalue weighted by molar-refractivity contribution is 6.34. The molecule has 0 atom stereocenters. The van der Waals surface area contributed by atoms with Crippen LogP contribution in [-0.4, -0.2) is 40.9 Å². The normalized spacial score (nSPS) is 14.4. The zero-order valence-electron chi connectivity index (χ0n) is 10.6. The van der Waals surface area contributed by atoms with Gasteiger partial charge >= 0.3 is 5.97 Å². The quantitative estimate of drug-likeness (QED) is 0.883. The average Bonchev–Trinajstić information content (AvgIpc) is 2.77. The van der Waals surface area contributed by atoms with E-state index in [4.69, 9.17) is 16.7 Å². The third-order valence-corrected chi connectivity index (χ3v) is 3.33. The second-order valence-electron chi connectivity index (χ2n) is 4.43. The third-order valence-electron chi connectivity index (χ3n) is 3.01. The molecule has 2 N–H and O–H groups in total.